The van der Waals surface area contributed by atoms with Crippen LogP contribution in [-0.2, 0) is 11.3 Å². The van der Waals surface area contributed by atoms with Crippen LogP contribution >= 0.6 is 23.1 Å². The number of nitrogens with zero attached hydrogens (tertiary/aromatic N) is 1. The summed E-state index contributed by atoms with van der Waals surface area (Å²) < 4.78 is 0. The molecular formula is C11H13N3O3S2. The Balaban J connectivity index is 2.18. The Hall–Kier alpha value is -1.38. The highest BCUT2D eigenvalue weighted by Crippen LogP contribution is 2.26. The van der Waals surface area contributed by atoms with Gasteiger partial charge in [-0.3, -0.25) is 24.7 Å². The average molecular weight is 299 g/mol. The Morgan fingerprint density at radius 2 is 2.26 bits per heavy atom. The van der Waals surface area contributed by atoms with Crippen molar-refractivity contribution in [3.8, 4) is 0 Å². The van der Waals surface area contributed by atoms with Gasteiger partial charge in [0, 0.05) is 17.1 Å². The number of nitrogens with two attached hydrogens (primary N) is 1. The lowest BCUT2D eigenvalue weighted by Gasteiger charge is -2.23. The molecule has 0 bridgehead atoms. The summed E-state index contributed by atoms with van der Waals surface area (Å²) in [7, 11) is 0. The van der Waals surface area contributed by atoms with E-state index in [1.54, 1.807) is 6.07 Å². The lowest BCUT2D eigenvalue weighted by atomic mass is 10.2. The molecule has 102 valence electrons. The molecule has 1 aliphatic rings. The molecule has 1 saturated heterocycles. The molecule has 1 fully saturated rings. The summed E-state index contributed by atoms with van der Waals surface area (Å²) in [5.74, 6) is 5.08. The van der Waals surface area contributed by atoms with Gasteiger partial charge in [-0.25, -0.2) is 5.84 Å². The van der Waals surface area contributed by atoms with Crippen molar-refractivity contribution in [1.82, 2.24) is 10.3 Å². The van der Waals surface area contributed by atoms with Gasteiger partial charge in [-0.15, -0.1) is 11.3 Å². The molecule has 2 rings (SSSR count). The molecule has 0 radical (unpaired) electrons. The molecule has 2 heterocycles. The molecule has 6 nitrogen and oxygen atoms in total. The second-order valence-electron chi connectivity index (χ2n) is 4.01. The van der Waals surface area contributed by atoms with E-state index in [4.69, 9.17) is 5.84 Å². The van der Waals surface area contributed by atoms with Crippen LogP contribution in [-0.4, -0.2) is 27.7 Å². The van der Waals surface area contributed by atoms with E-state index in [1.807, 2.05) is 6.92 Å². The first-order chi connectivity index (χ1) is 9.02. The van der Waals surface area contributed by atoms with Gasteiger partial charge < -0.3 is 0 Å². The third-order valence-corrected chi connectivity index (χ3v) is 4.73. The van der Waals surface area contributed by atoms with Gasteiger partial charge in [-0.05, 0) is 18.6 Å². The number of carbonyl (C=O) groups excluding carboxylic acids is 3. The molecule has 1 aromatic heterocycles. The largest absolute Gasteiger partial charge is 0.289 e. The van der Waals surface area contributed by atoms with Gasteiger partial charge in [0.05, 0.1) is 11.4 Å². The Bertz CT molecular complexity index is 525. The fourth-order valence-corrected chi connectivity index (χ4v) is 3.43. The number of thioether (sulfide) groups is 1. The monoisotopic (exact) mass is 299 g/mol. The molecule has 0 unspecified atom stereocenters. The summed E-state index contributed by atoms with van der Waals surface area (Å²) in [6.07, 6.45) is 0.371. The molecule has 3 N–H and O–H groups in total. The van der Waals surface area contributed by atoms with Crippen LogP contribution in [0.2, 0.25) is 0 Å². The molecule has 1 aliphatic heterocycles. The molecule has 0 saturated carbocycles. The van der Waals surface area contributed by atoms with E-state index in [1.165, 1.54) is 16.2 Å². The maximum Gasteiger partial charge on any atom is 0.288 e. The van der Waals surface area contributed by atoms with E-state index in [0.717, 1.165) is 22.2 Å². The van der Waals surface area contributed by atoms with Crippen molar-refractivity contribution in [1.29, 1.82) is 0 Å². The lowest BCUT2D eigenvalue weighted by Crippen LogP contribution is -2.37. The summed E-state index contributed by atoms with van der Waals surface area (Å²) in [6, 6.07) is 1.67. The second-order valence-corrected chi connectivity index (χ2v) is 6.31. The van der Waals surface area contributed by atoms with Crippen LogP contribution in [0.5, 0.6) is 0 Å². The van der Waals surface area contributed by atoms with Crippen LogP contribution in [0.15, 0.2) is 6.07 Å². The zero-order valence-electron chi connectivity index (χ0n) is 10.3. The molecule has 0 spiro atoms. The molecule has 0 aromatic carbocycles. The number of hydrogen-bond donors (Lipinski definition) is 2. The standard InChI is InChI=1S/C11H13N3O3S2/c1-6-7(4-8(19-6)10(16)13-12)5-14-9(15)2-3-18-11(14)17/h4H,2-3,5,12H2,1H3,(H,13,16). The van der Waals surface area contributed by atoms with E-state index >= 15 is 0 Å². The molecule has 0 atom stereocenters. The van der Waals surface area contributed by atoms with Gasteiger partial charge in [0.15, 0.2) is 0 Å². The summed E-state index contributed by atoms with van der Waals surface area (Å²) >= 11 is 2.43. The third-order valence-electron chi connectivity index (χ3n) is 2.77. The van der Waals surface area contributed by atoms with Gasteiger partial charge in [0.2, 0.25) is 5.91 Å². The quantitative estimate of drug-likeness (QED) is 0.498. The van der Waals surface area contributed by atoms with Crippen molar-refractivity contribution in [3.63, 3.8) is 0 Å². The van der Waals surface area contributed by atoms with Crippen molar-refractivity contribution in [2.45, 2.75) is 19.9 Å². The first kappa shape index (κ1) is 14.0. The van der Waals surface area contributed by atoms with Gasteiger partial charge in [-0.1, -0.05) is 11.8 Å². The number of rotatable bonds is 3. The van der Waals surface area contributed by atoms with Crippen molar-refractivity contribution in [2.75, 3.05) is 5.75 Å². The molecule has 1 aromatic rings. The third kappa shape index (κ3) is 2.96. The second kappa shape index (κ2) is 5.72. The fourth-order valence-electron chi connectivity index (χ4n) is 1.72. The molecule has 8 heteroatoms. The van der Waals surface area contributed by atoms with Gasteiger partial charge in [0.1, 0.15) is 0 Å². The molecule has 19 heavy (non-hydrogen) atoms. The number of imide groups is 1. The van der Waals surface area contributed by atoms with Crippen LogP contribution < -0.4 is 11.3 Å². The number of hydrogen-bond acceptors (Lipinski definition) is 6. The zero-order valence-corrected chi connectivity index (χ0v) is 11.9. The number of nitrogens with one attached hydrogen (secondary N) is 1. The number of hydrazine groups is 1. The number of amides is 3. The molecular weight excluding hydrogens is 286 g/mol. The van der Waals surface area contributed by atoms with Crippen LogP contribution in [0.25, 0.3) is 0 Å². The number of nitrogen functional groups attached to an aromatic ring is 1. The van der Waals surface area contributed by atoms with Crippen molar-refractivity contribution < 1.29 is 14.4 Å². The first-order valence-electron chi connectivity index (χ1n) is 5.60. The van der Waals surface area contributed by atoms with Gasteiger partial charge in [0.25, 0.3) is 11.1 Å². The van der Waals surface area contributed by atoms with Crippen LogP contribution in [0.1, 0.15) is 26.5 Å². The Morgan fingerprint density at radius 3 is 2.89 bits per heavy atom. The SMILES string of the molecule is Cc1sc(C(=O)NN)cc1CN1C(=O)CCSC1=O. The molecule has 3 amide bonds. The maximum absolute atomic E-state index is 11.7. The smallest absolute Gasteiger partial charge is 0.288 e. The normalized spacial score (nSPS) is 15.8. The number of carbonyl (C=O) groups is 3. The fraction of sp³-hybridized carbons (Fsp3) is 0.364. The molecule has 0 aliphatic carbocycles. The lowest BCUT2D eigenvalue weighted by molar-refractivity contribution is -0.128. The minimum atomic E-state index is -0.370. The summed E-state index contributed by atoms with van der Waals surface area (Å²) in [5.41, 5.74) is 2.86. The summed E-state index contributed by atoms with van der Waals surface area (Å²) in [6.45, 7) is 2.06. The van der Waals surface area contributed by atoms with E-state index < -0.39 is 0 Å². The van der Waals surface area contributed by atoms with E-state index in [9.17, 15) is 14.4 Å². The summed E-state index contributed by atoms with van der Waals surface area (Å²) in [5, 5.41) is -0.230. The van der Waals surface area contributed by atoms with Crippen LogP contribution in [0.4, 0.5) is 4.79 Å². The van der Waals surface area contributed by atoms with E-state index in [0.29, 0.717) is 17.1 Å². The van der Waals surface area contributed by atoms with Crippen molar-refractivity contribution in [3.05, 3.63) is 21.4 Å². The average Bonchev–Trinajstić information content (AvgIpc) is 2.74. The minimum absolute atomic E-state index is 0.167. The first-order valence-corrected chi connectivity index (χ1v) is 7.40. The highest BCUT2D eigenvalue weighted by molar-refractivity contribution is 8.13. The topological polar surface area (TPSA) is 92.5 Å². The van der Waals surface area contributed by atoms with Crippen molar-refractivity contribution >= 4 is 40.2 Å². The zero-order chi connectivity index (χ0) is 14.0. The number of aryl methyl sites for hydroxylation is 1. The Kier molecular flexibility index (Phi) is 4.23. The van der Waals surface area contributed by atoms with Crippen LogP contribution in [0, 0.1) is 6.92 Å². The minimum Gasteiger partial charge on any atom is -0.289 e. The van der Waals surface area contributed by atoms with E-state index in [2.05, 4.69) is 5.43 Å². The predicted molar refractivity (Wildman–Crippen MR) is 73.7 cm³/mol. The van der Waals surface area contributed by atoms with Gasteiger partial charge >= 0.3 is 0 Å². The Morgan fingerprint density at radius 1 is 1.53 bits per heavy atom. The highest BCUT2D eigenvalue weighted by atomic mass is 32.2. The number of thiophene rings is 1. The van der Waals surface area contributed by atoms with Crippen LogP contribution in [0.3, 0.4) is 0 Å². The Labute approximate surface area is 118 Å². The van der Waals surface area contributed by atoms with Crippen molar-refractivity contribution in [2.24, 2.45) is 5.84 Å². The van der Waals surface area contributed by atoms with Gasteiger partial charge in [-0.2, -0.15) is 0 Å². The van der Waals surface area contributed by atoms with E-state index in [-0.39, 0.29) is 23.6 Å². The summed E-state index contributed by atoms with van der Waals surface area (Å²) in [4.78, 5) is 37.4. The maximum atomic E-state index is 11.7. The predicted octanol–water partition coefficient (Wildman–Crippen LogP) is 1.25. The highest BCUT2D eigenvalue weighted by Gasteiger charge is 2.27.